The molecule has 0 aliphatic heterocycles. The Morgan fingerprint density at radius 2 is 2.25 bits per heavy atom. The maximum absolute atomic E-state index is 12.9. The normalized spacial score (nSPS) is 29.6. The van der Waals surface area contributed by atoms with Crippen LogP contribution in [0.4, 0.5) is 0 Å². The Labute approximate surface area is 140 Å². The van der Waals surface area contributed by atoms with Gasteiger partial charge in [0.1, 0.15) is 11.5 Å². The van der Waals surface area contributed by atoms with Crippen molar-refractivity contribution in [2.75, 3.05) is 14.2 Å². The van der Waals surface area contributed by atoms with E-state index >= 15 is 0 Å². The third-order valence-corrected chi connectivity index (χ3v) is 5.53. The molecule has 2 aliphatic rings. The van der Waals surface area contributed by atoms with Crippen molar-refractivity contribution < 1.29 is 24.0 Å². The van der Waals surface area contributed by atoms with Crippen LogP contribution in [0.1, 0.15) is 50.4 Å². The highest BCUT2D eigenvalue weighted by molar-refractivity contribution is 6.02. The van der Waals surface area contributed by atoms with E-state index in [1.165, 1.54) is 4.90 Å². The van der Waals surface area contributed by atoms with Gasteiger partial charge in [-0.25, -0.2) is 0 Å². The van der Waals surface area contributed by atoms with Gasteiger partial charge in [-0.1, -0.05) is 11.6 Å². The predicted molar refractivity (Wildman–Crippen MR) is 81.7 cm³/mol. The molecule has 1 aromatic heterocycles. The summed E-state index contributed by atoms with van der Waals surface area (Å²) in [6.45, 7) is 1.88. The zero-order chi connectivity index (χ0) is 17.5. The summed E-state index contributed by atoms with van der Waals surface area (Å²) in [5, 5.41) is 13.6. The lowest BCUT2D eigenvalue weighted by molar-refractivity contribution is -0.165. The van der Waals surface area contributed by atoms with E-state index in [4.69, 9.17) is 9.26 Å². The highest BCUT2D eigenvalue weighted by Gasteiger charge is 2.61. The number of carboxylic acids is 1. The standard InChI is InChI=1S/C16H23N3O5/c1-9(23-3)13-17-12(24-18-13)8-19(2)14(20)16(15(21)22)7-10-4-5-11(16)6-10/h9-11H,4-8H2,1-3H3,(H,21,22). The van der Waals surface area contributed by atoms with Crippen molar-refractivity contribution in [3.63, 3.8) is 0 Å². The number of hydrogen-bond acceptors (Lipinski definition) is 6. The molecule has 8 nitrogen and oxygen atoms in total. The number of rotatable bonds is 6. The number of aliphatic carboxylic acids is 1. The van der Waals surface area contributed by atoms with Crippen molar-refractivity contribution in [1.82, 2.24) is 15.0 Å². The Kier molecular flexibility index (Phi) is 4.33. The molecule has 0 spiro atoms. The van der Waals surface area contributed by atoms with E-state index in [0.29, 0.717) is 18.2 Å². The maximum Gasteiger partial charge on any atom is 0.319 e. The molecule has 2 saturated carbocycles. The second-order valence-electron chi connectivity index (χ2n) is 6.94. The molecule has 1 N–H and O–H groups in total. The van der Waals surface area contributed by atoms with E-state index in [0.717, 1.165) is 19.3 Å². The lowest BCUT2D eigenvalue weighted by atomic mass is 9.72. The van der Waals surface area contributed by atoms with E-state index < -0.39 is 11.4 Å². The number of carbonyl (C=O) groups is 2. The van der Waals surface area contributed by atoms with Gasteiger partial charge in [-0.05, 0) is 38.0 Å². The van der Waals surface area contributed by atoms with Crippen LogP contribution in [0.3, 0.4) is 0 Å². The van der Waals surface area contributed by atoms with Crippen LogP contribution in [0.5, 0.6) is 0 Å². The zero-order valence-corrected chi connectivity index (χ0v) is 14.2. The molecule has 1 heterocycles. The van der Waals surface area contributed by atoms with Gasteiger partial charge in [-0.2, -0.15) is 4.98 Å². The average Bonchev–Trinajstić information content (AvgIpc) is 3.28. The molecule has 8 heteroatoms. The van der Waals surface area contributed by atoms with Crippen molar-refractivity contribution >= 4 is 11.9 Å². The van der Waals surface area contributed by atoms with Crippen LogP contribution >= 0.6 is 0 Å². The fourth-order valence-electron chi connectivity index (χ4n) is 4.16. The molecular weight excluding hydrogens is 314 g/mol. The highest BCUT2D eigenvalue weighted by atomic mass is 16.5. The Morgan fingerprint density at radius 3 is 2.79 bits per heavy atom. The summed E-state index contributed by atoms with van der Waals surface area (Å²) in [5.74, 6) is -0.412. The lowest BCUT2D eigenvalue weighted by Crippen LogP contribution is -2.50. The van der Waals surface area contributed by atoms with Crippen molar-refractivity contribution in [2.24, 2.45) is 17.3 Å². The molecular formula is C16H23N3O5. The Hall–Kier alpha value is -1.96. The molecule has 1 amide bonds. The largest absolute Gasteiger partial charge is 0.480 e. The van der Waals surface area contributed by atoms with E-state index in [1.807, 2.05) is 0 Å². The second-order valence-corrected chi connectivity index (χ2v) is 6.94. The lowest BCUT2D eigenvalue weighted by Gasteiger charge is -2.35. The van der Waals surface area contributed by atoms with Crippen molar-refractivity contribution in [3.05, 3.63) is 11.7 Å². The third-order valence-electron chi connectivity index (χ3n) is 5.53. The first-order valence-corrected chi connectivity index (χ1v) is 8.22. The number of carboxylic acid groups (broad SMARTS) is 1. The second kappa shape index (κ2) is 6.16. The van der Waals surface area contributed by atoms with Gasteiger partial charge < -0.3 is 19.3 Å². The van der Waals surface area contributed by atoms with Crippen LogP contribution in [-0.2, 0) is 20.9 Å². The summed E-state index contributed by atoms with van der Waals surface area (Å²) in [4.78, 5) is 30.5. The number of hydrogen-bond donors (Lipinski definition) is 1. The van der Waals surface area contributed by atoms with E-state index in [1.54, 1.807) is 21.1 Å². The average molecular weight is 337 g/mol. The molecule has 0 radical (unpaired) electrons. The van der Waals surface area contributed by atoms with Crippen LogP contribution in [-0.4, -0.2) is 46.2 Å². The van der Waals surface area contributed by atoms with Crippen LogP contribution in [0.2, 0.25) is 0 Å². The van der Waals surface area contributed by atoms with Gasteiger partial charge in [0, 0.05) is 14.2 Å². The van der Waals surface area contributed by atoms with Crippen LogP contribution in [0.25, 0.3) is 0 Å². The smallest absolute Gasteiger partial charge is 0.319 e. The molecule has 1 aromatic rings. The number of ether oxygens (including phenoxy) is 1. The first-order chi connectivity index (χ1) is 11.4. The minimum Gasteiger partial charge on any atom is -0.480 e. The van der Waals surface area contributed by atoms with Gasteiger partial charge in [0.25, 0.3) is 0 Å². The number of amides is 1. The van der Waals surface area contributed by atoms with Gasteiger partial charge in [0.05, 0.1) is 6.54 Å². The number of carbonyl (C=O) groups excluding carboxylic acids is 1. The van der Waals surface area contributed by atoms with Gasteiger partial charge in [0.2, 0.25) is 11.8 Å². The van der Waals surface area contributed by atoms with E-state index in [9.17, 15) is 14.7 Å². The van der Waals surface area contributed by atoms with Crippen molar-refractivity contribution in [3.8, 4) is 0 Å². The fraction of sp³-hybridized carbons (Fsp3) is 0.750. The number of nitrogens with zero attached hydrogens (tertiary/aromatic N) is 3. The maximum atomic E-state index is 12.9. The molecule has 3 rings (SSSR count). The molecule has 4 unspecified atom stereocenters. The molecule has 0 saturated heterocycles. The van der Waals surface area contributed by atoms with Crippen LogP contribution < -0.4 is 0 Å². The molecule has 132 valence electrons. The summed E-state index contributed by atoms with van der Waals surface area (Å²) in [6.07, 6.45) is 2.80. The molecule has 0 aromatic carbocycles. The molecule has 2 bridgehead atoms. The zero-order valence-electron chi connectivity index (χ0n) is 14.2. The Balaban J connectivity index is 1.74. The monoisotopic (exact) mass is 337 g/mol. The van der Waals surface area contributed by atoms with Gasteiger partial charge in [-0.3, -0.25) is 9.59 Å². The molecule has 4 atom stereocenters. The molecule has 24 heavy (non-hydrogen) atoms. The summed E-state index contributed by atoms with van der Waals surface area (Å²) < 4.78 is 10.3. The summed E-state index contributed by atoms with van der Waals surface area (Å²) in [5.41, 5.74) is -1.29. The Morgan fingerprint density at radius 1 is 1.50 bits per heavy atom. The Bertz CT molecular complexity index is 645. The minimum atomic E-state index is -1.29. The number of fused-ring (bicyclic) bond motifs is 2. The molecule has 2 aliphatic carbocycles. The predicted octanol–water partition coefficient (Wildman–Crippen LogP) is 1.63. The van der Waals surface area contributed by atoms with E-state index in [-0.39, 0.29) is 30.4 Å². The van der Waals surface area contributed by atoms with Gasteiger partial charge >= 0.3 is 5.97 Å². The number of methoxy groups -OCH3 is 1. The number of aromatic nitrogens is 2. The quantitative estimate of drug-likeness (QED) is 0.786. The topological polar surface area (TPSA) is 106 Å². The van der Waals surface area contributed by atoms with Crippen LogP contribution in [0.15, 0.2) is 4.52 Å². The van der Waals surface area contributed by atoms with Gasteiger partial charge in [0.15, 0.2) is 5.82 Å². The van der Waals surface area contributed by atoms with Crippen molar-refractivity contribution in [1.29, 1.82) is 0 Å². The molecule has 2 fully saturated rings. The summed E-state index contributed by atoms with van der Waals surface area (Å²) in [6, 6.07) is 0. The SMILES string of the molecule is COC(C)c1noc(CN(C)C(=O)C2(C(=O)O)CC3CCC2C3)n1. The summed E-state index contributed by atoms with van der Waals surface area (Å²) in [7, 11) is 3.13. The summed E-state index contributed by atoms with van der Waals surface area (Å²) >= 11 is 0. The highest BCUT2D eigenvalue weighted by Crippen LogP contribution is 2.56. The van der Waals surface area contributed by atoms with Crippen molar-refractivity contribution in [2.45, 2.75) is 45.3 Å². The minimum absolute atomic E-state index is 0.0679. The third kappa shape index (κ3) is 2.58. The van der Waals surface area contributed by atoms with Gasteiger partial charge in [-0.15, -0.1) is 0 Å². The first kappa shape index (κ1) is 16.9. The van der Waals surface area contributed by atoms with E-state index in [2.05, 4.69) is 10.1 Å². The fourth-order valence-corrected chi connectivity index (χ4v) is 4.16. The first-order valence-electron chi connectivity index (χ1n) is 8.22. The van der Waals surface area contributed by atoms with Crippen LogP contribution in [0, 0.1) is 17.3 Å².